The highest BCUT2D eigenvalue weighted by Gasteiger charge is 2.10. The van der Waals surface area contributed by atoms with Crippen LogP contribution < -0.4 is 0 Å². The van der Waals surface area contributed by atoms with Gasteiger partial charge in [-0.1, -0.05) is 78.9 Å². The lowest BCUT2D eigenvalue weighted by atomic mass is 9.93. The molecule has 0 N–H and O–H groups in total. The van der Waals surface area contributed by atoms with Crippen molar-refractivity contribution in [2.24, 2.45) is 0 Å². The first-order valence-corrected chi connectivity index (χ1v) is 10.0. The molecule has 0 aliphatic rings. The molecule has 0 fully saturated rings. The number of thiophene rings is 1. The predicted octanol–water partition coefficient (Wildman–Crippen LogP) is 8.03. The Balaban J connectivity index is 1.72. The van der Waals surface area contributed by atoms with E-state index in [9.17, 15) is 0 Å². The summed E-state index contributed by atoms with van der Waals surface area (Å²) in [4.78, 5) is 1.33. The molecule has 5 aromatic carbocycles. The first kappa shape index (κ1) is 15.0. The van der Waals surface area contributed by atoms with Crippen molar-refractivity contribution in [3.8, 4) is 10.4 Å². The van der Waals surface area contributed by atoms with Crippen LogP contribution in [0.3, 0.4) is 0 Å². The van der Waals surface area contributed by atoms with Gasteiger partial charge in [0.05, 0.1) is 0 Å². The van der Waals surface area contributed by atoms with Gasteiger partial charge in [0.15, 0.2) is 0 Å². The maximum atomic E-state index is 2.37. The third-order valence-corrected chi connectivity index (χ3v) is 6.62. The van der Waals surface area contributed by atoms with Crippen LogP contribution in [0.4, 0.5) is 0 Å². The molecule has 1 heteroatoms. The van der Waals surface area contributed by atoms with Crippen molar-refractivity contribution in [2.75, 3.05) is 0 Å². The van der Waals surface area contributed by atoms with Crippen LogP contribution in [-0.4, -0.2) is 0 Å². The van der Waals surface area contributed by atoms with Crippen LogP contribution in [0.15, 0.2) is 97.1 Å². The Morgan fingerprint density at radius 3 is 1.67 bits per heavy atom. The van der Waals surface area contributed by atoms with Gasteiger partial charge in [-0.3, -0.25) is 0 Å². The molecule has 6 rings (SSSR count). The minimum atomic E-state index is 1.30. The Morgan fingerprint density at radius 1 is 0.444 bits per heavy atom. The van der Waals surface area contributed by atoms with E-state index in [1.807, 2.05) is 11.3 Å². The summed E-state index contributed by atoms with van der Waals surface area (Å²) >= 11 is 1.87. The van der Waals surface area contributed by atoms with Crippen LogP contribution in [0.2, 0.25) is 0 Å². The summed E-state index contributed by atoms with van der Waals surface area (Å²) in [5.41, 5.74) is 1.30. The van der Waals surface area contributed by atoms with Gasteiger partial charge in [0.25, 0.3) is 0 Å². The molecule has 0 nitrogen and oxygen atoms in total. The summed E-state index contributed by atoms with van der Waals surface area (Å²) < 4.78 is 1.34. The lowest BCUT2D eigenvalue weighted by Crippen LogP contribution is -1.83. The van der Waals surface area contributed by atoms with Gasteiger partial charge in [0, 0.05) is 9.58 Å². The molecule has 27 heavy (non-hydrogen) atoms. The van der Waals surface area contributed by atoms with Gasteiger partial charge < -0.3 is 0 Å². The van der Waals surface area contributed by atoms with Gasteiger partial charge in [-0.15, -0.1) is 11.3 Å². The Labute approximate surface area is 161 Å². The van der Waals surface area contributed by atoms with Crippen LogP contribution in [0.25, 0.3) is 52.8 Å². The fourth-order valence-corrected chi connectivity index (χ4v) is 5.24. The van der Waals surface area contributed by atoms with Crippen LogP contribution >= 0.6 is 11.3 Å². The van der Waals surface area contributed by atoms with Crippen molar-refractivity contribution < 1.29 is 0 Å². The van der Waals surface area contributed by atoms with E-state index < -0.39 is 0 Å². The fourth-order valence-electron chi connectivity index (χ4n) is 4.19. The van der Waals surface area contributed by atoms with E-state index in [0.29, 0.717) is 0 Å². The van der Waals surface area contributed by atoms with E-state index >= 15 is 0 Å². The maximum absolute atomic E-state index is 2.37. The van der Waals surface area contributed by atoms with E-state index in [4.69, 9.17) is 0 Å². The van der Waals surface area contributed by atoms with E-state index in [0.717, 1.165) is 0 Å². The fraction of sp³-hybridized carbons (Fsp3) is 0. The van der Waals surface area contributed by atoms with Crippen molar-refractivity contribution in [3.05, 3.63) is 97.1 Å². The molecule has 0 saturated carbocycles. The smallest absolute Gasteiger partial charge is 0.0355 e. The zero-order valence-electron chi connectivity index (χ0n) is 14.6. The molecule has 126 valence electrons. The monoisotopic (exact) mass is 360 g/mol. The lowest BCUT2D eigenvalue weighted by Gasteiger charge is -2.11. The average Bonchev–Trinajstić information content (AvgIpc) is 3.18. The minimum Gasteiger partial charge on any atom is -0.135 e. The first-order valence-electron chi connectivity index (χ1n) is 9.21. The molecule has 0 atom stereocenters. The molecule has 1 aromatic heterocycles. The number of fused-ring (bicyclic) bond motifs is 7. The lowest BCUT2D eigenvalue weighted by molar-refractivity contribution is 1.76. The molecular formula is C26H16S. The highest BCUT2D eigenvalue weighted by atomic mass is 32.1. The third kappa shape index (κ3) is 2.22. The molecule has 0 bridgehead atoms. The van der Waals surface area contributed by atoms with Crippen molar-refractivity contribution >= 4 is 53.7 Å². The Hall–Kier alpha value is -3.16. The number of hydrogen-bond donors (Lipinski definition) is 0. The molecule has 0 saturated heterocycles. The van der Waals surface area contributed by atoms with Crippen LogP contribution in [0.5, 0.6) is 0 Å². The molecule has 1 heterocycles. The summed E-state index contributed by atoms with van der Waals surface area (Å²) in [6.45, 7) is 0. The molecule has 0 aliphatic carbocycles. The van der Waals surface area contributed by atoms with Crippen molar-refractivity contribution in [1.29, 1.82) is 0 Å². The second kappa shape index (κ2) is 5.67. The highest BCUT2D eigenvalue weighted by molar-refractivity contribution is 7.22. The standard InChI is InChI=1S/C26H16S/c1-6-12-25-17(7-1)16-26(27-25)18-13-14-23-21-10-3-2-8-19(21)20-9-4-5-11-22(20)24(23)15-18/h1-16H. The summed E-state index contributed by atoms with van der Waals surface area (Å²) in [6, 6.07) is 35.4. The SMILES string of the molecule is c1ccc2sc(-c3ccc4c5ccccc5c5ccccc5c4c3)cc2c1. The zero-order chi connectivity index (χ0) is 17.8. The highest BCUT2D eigenvalue weighted by Crippen LogP contribution is 2.39. The molecule has 0 aliphatic heterocycles. The van der Waals surface area contributed by atoms with Gasteiger partial charge in [-0.25, -0.2) is 0 Å². The number of hydrogen-bond acceptors (Lipinski definition) is 1. The van der Waals surface area contributed by atoms with Crippen molar-refractivity contribution in [2.45, 2.75) is 0 Å². The van der Waals surface area contributed by atoms with Crippen LogP contribution in [0.1, 0.15) is 0 Å². The molecule has 0 spiro atoms. The van der Waals surface area contributed by atoms with Gasteiger partial charge in [0.1, 0.15) is 0 Å². The quantitative estimate of drug-likeness (QED) is 0.260. The Morgan fingerprint density at radius 2 is 1.00 bits per heavy atom. The summed E-state index contributed by atoms with van der Waals surface area (Å²) in [6.07, 6.45) is 0. The van der Waals surface area contributed by atoms with Gasteiger partial charge >= 0.3 is 0 Å². The average molecular weight is 360 g/mol. The third-order valence-electron chi connectivity index (χ3n) is 5.45. The second-order valence-corrected chi connectivity index (χ2v) is 8.08. The van der Waals surface area contributed by atoms with Crippen molar-refractivity contribution in [1.82, 2.24) is 0 Å². The van der Waals surface area contributed by atoms with E-state index in [2.05, 4.69) is 97.1 Å². The van der Waals surface area contributed by atoms with Gasteiger partial charge in [-0.05, 0) is 61.5 Å². The zero-order valence-corrected chi connectivity index (χ0v) is 15.5. The van der Waals surface area contributed by atoms with E-state index in [1.54, 1.807) is 0 Å². The predicted molar refractivity (Wildman–Crippen MR) is 120 cm³/mol. The van der Waals surface area contributed by atoms with Crippen molar-refractivity contribution in [3.63, 3.8) is 0 Å². The summed E-state index contributed by atoms with van der Waals surface area (Å²) in [7, 11) is 0. The van der Waals surface area contributed by atoms with Crippen LogP contribution in [-0.2, 0) is 0 Å². The molecule has 6 aromatic rings. The molecule has 0 amide bonds. The Kier molecular flexibility index (Phi) is 3.14. The van der Waals surface area contributed by atoms with Crippen LogP contribution in [0, 0.1) is 0 Å². The van der Waals surface area contributed by atoms with Gasteiger partial charge in [-0.2, -0.15) is 0 Å². The maximum Gasteiger partial charge on any atom is 0.0355 e. The Bertz CT molecular complexity index is 1400. The molecular weight excluding hydrogens is 344 g/mol. The molecule has 0 unspecified atom stereocenters. The van der Waals surface area contributed by atoms with E-state index in [1.165, 1.54) is 52.8 Å². The number of rotatable bonds is 1. The summed E-state index contributed by atoms with van der Waals surface area (Å²) in [5, 5.41) is 9.29. The largest absolute Gasteiger partial charge is 0.135 e. The summed E-state index contributed by atoms with van der Waals surface area (Å²) in [5.74, 6) is 0. The van der Waals surface area contributed by atoms with Gasteiger partial charge in [0.2, 0.25) is 0 Å². The first-order chi connectivity index (χ1) is 13.4. The minimum absolute atomic E-state index is 1.30. The topological polar surface area (TPSA) is 0 Å². The number of benzene rings is 5. The second-order valence-electron chi connectivity index (χ2n) is 7.00. The molecule has 0 radical (unpaired) electrons. The van der Waals surface area contributed by atoms with E-state index in [-0.39, 0.29) is 0 Å². The normalized spacial score (nSPS) is 11.7.